The summed E-state index contributed by atoms with van der Waals surface area (Å²) in [7, 11) is 0. The van der Waals surface area contributed by atoms with Crippen molar-refractivity contribution in [3.05, 3.63) is 59.7 Å². The Bertz CT molecular complexity index is 1180. The lowest BCUT2D eigenvalue weighted by atomic mass is 9.98. The summed E-state index contributed by atoms with van der Waals surface area (Å²) in [5.41, 5.74) is 2.59. The van der Waals surface area contributed by atoms with Crippen molar-refractivity contribution in [1.82, 2.24) is 29.7 Å². The molecule has 0 bridgehead atoms. The minimum absolute atomic E-state index is 0.00351. The third-order valence-corrected chi connectivity index (χ3v) is 5.72. The smallest absolute Gasteiger partial charge is 0.231 e. The molecule has 1 aliphatic rings. The maximum absolute atomic E-state index is 12.8. The summed E-state index contributed by atoms with van der Waals surface area (Å²) < 4.78 is 1.58. The van der Waals surface area contributed by atoms with E-state index in [0.717, 1.165) is 27.8 Å². The van der Waals surface area contributed by atoms with E-state index in [2.05, 4.69) is 30.4 Å². The van der Waals surface area contributed by atoms with Crippen LogP contribution < -0.4 is 10.2 Å². The largest absolute Gasteiger partial charge is 0.355 e. The maximum atomic E-state index is 12.8. The molecule has 0 radical (unpaired) electrons. The minimum atomic E-state index is -0.111. The molecule has 1 saturated heterocycles. The standard InChI is InChI=1S/C20H18N8OS/c1-13-25-17(9-30-13)15-4-2-3-5-16(15)26-20(29)14-7-27(8-14)18-6-19(23-11-22-18)28-12-21-10-24-28/h2-6,9-12,14H,7-8H2,1H3,(H,26,29). The Kier molecular flexibility index (Phi) is 4.68. The number of thiazole rings is 1. The number of aromatic nitrogens is 6. The fourth-order valence-electron chi connectivity index (χ4n) is 3.33. The van der Waals surface area contributed by atoms with E-state index in [9.17, 15) is 4.79 Å². The lowest BCUT2D eigenvalue weighted by Crippen LogP contribution is -2.52. The van der Waals surface area contributed by atoms with Crippen LogP contribution in [0.5, 0.6) is 0 Å². The Labute approximate surface area is 176 Å². The number of carbonyl (C=O) groups is 1. The number of hydrogen-bond acceptors (Lipinski definition) is 8. The number of para-hydroxylation sites is 1. The maximum Gasteiger partial charge on any atom is 0.231 e. The van der Waals surface area contributed by atoms with Gasteiger partial charge in [0.2, 0.25) is 5.91 Å². The summed E-state index contributed by atoms with van der Waals surface area (Å²) in [6, 6.07) is 9.59. The number of rotatable bonds is 5. The highest BCUT2D eigenvalue weighted by Crippen LogP contribution is 2.30. The van der Waals surface area contributed by atoms with Crippen molar-refractivity contribution >= 4 is 28.7 Å². The second-order valence-electron chi connectivity index (χ2n) is 6.96. The lowest BCUT2D eigenvalue weighted by molar-refractivity contribution is -0.120. The van der Waals surface area contributed by atoms with E-state index in [0.29, 0.717) is 18.9 Å². The third kappa shape index (κ3) is 3.52. The van der Waals surface area contributed by atoms with Gasteiger partial charge in [0.05, 0.1) is 22.3 Å². The number of carbonyl (C=O) groups excluding carboxylic acids is 1. The molecule has 9 nitrogen and oxygen atoms in total. The van der Waals surface area contributed by atoms with Gasteiger partial charge in [0.25, 0.3) is 0 Å². The Hall–Kier alpha value is -3.66. The summed E-state index contributed by atoms with van der Waals surface area (Å²) in [4.78, 5) is 31.9. The first-order valence-electron chi connectivity index (χ1n) is 9.42. The van der Waals surface area contributed by atoms with Crippen LogP contribution in [0.2, 0.25) is 0 Å². The van der Waals surface area contributed by atoms with Crippen LogP contribution in [-0.4, -0.2) is 48.7 Å². The van der Waals surface area contributed by atoms with Crippen molar-refractivity contribution in [2.75, 3.05) is 23.3 Å². The molecule has 1 aliphatic heterocycles. The molecule has 1 amide bonds. The first-order valence-corrected chi connectivity index (χ1v) is 10.3. The van der Waals surface area contributed by atoms with E-state index in [4.69, 9.17) is 0 Å². The zero-order chi connectivity index (χ0) is 20.5. The lowest BCUT2D eigenvalue weighted by Gasteiger charge is -2.39. The van der Waals surface area contributed by atoms with Gasteiger partial charge in [0.15, 0.2) is 5.82 Å². The topological polar surface area (TPSA) is 102 Å². The fraction of sp³-hybridized carbons (Fsp3) is 0.200. The van der Waals surface area contributed by atoms with E-state index in [1.807, 2.05) is 47.5 Å². The van der Waals surface area contributed by atoms with Gasteiger partial charge < -0.3 is 10.2 Å². The zero-order valence-corrected chi connectivity index (χ0v) is 17.0. The van der Waals surface area contributed by atoms with E-state index in [-0.39, 0.29) is 11.8 Å². The Morgan fingerprint density at radius 2 is 2.00 bits per heavy atom. The van der Waals surface area contributed by atoms with Crippen LogP contribution in [0, 0.1) is 12.8 Å². The van der Waals surface area contributed by atoms with E-state index in [1.54, 1.807) is 22.3 Å². The van der Waals surface area contributed by atoms with E-state index in [1.165, 1.54) is 12.7 Å². The van der Waals surface area contributed by atoms with Crippen LogP contribution in [0.1, 0.15) is 5.01 Å². The van der Waals surface area contributed by atoms with Crippen molar-refractivity contribution in [2.24, 2.45) is 5.92 Å². The van der Waals surface area contributed by atoms with Crippen molar-refractivity contribution in [1.29, 1.82) is 0 Å². The van der Waals surface area contributed by atoms with Gasteiger partial charge in [-0.25, -0.2) is 24.6 Å². The molecule has 1 aromatic carbocycles. The van der Waals surface area contributed by atoms with Crippen molar-refractivity contribution in [3.8, 4) is 17.1 Å². The van der Waals surface area contributed by atoms with Crippen LogP contribution in [0.15, 0.2) is 54.7 Å². The number of benzene rings is 1. The third-order valence-electron chi connectivity index (χ3n) is 4.95. The van der Waals surface area contributed by atoms with E-state index >= 15 is 0 Å². The molecule has 1 fully saturated rings. The second-order valence-corrected chi connectivity index (χ2v) is 8.03. The quantitative estimate of drug-likeness (QED) is 0.531. The van der Waals surface area contributed by atoms with Crippen LogP contribution in [0.3, 0.4) is 0 Å². The monoisotopic (exact) mass is 418 g/mol. The number of hydrogen-bond donors (Lipinski definition) is 1. The summed E-state index contributed by atoms with van der Waals surface area (Å²) in [5, 5.41) is 10.2. The van der Waals surface area contributed by atoms with Crippen molar-refractivity contribution < 1.29 is 4.79 Å². The van der Waals surface area contributed by atoms with Gasteiger partial charge in [0.1, 0.15) is 24.8 Å². The van der Waals surface area contributed by atoms with Gasteiger partial charge in [0, 0.05) is 30.1 Å². The van der Waals surface area contributed by atoms with E-state index < -0.39 is 0 Å². The molecule has 0 unspecified atom stereocenters. The molecule has 4 aromatic rings. The molecule has 150 valence electrons. The molecule has 0 atom stereocenters. The molecule has 0 saturated carbocycles. The molecular weight excluding hydrogens is 400 g/mol. The number of anilines is 2. The molecule has 4 heterocycles. The van der Waals surface area contributed by atoms with Gasteiger partial charge in [-0.15, -0.1) is 11.3 Å². The highest BCUT2D eigenvalue weighted by Gasteiger charge is 2.34. The highest BCUT2D eigenvalue weighted by molar-refractivity contribution is 7.09. The Balaban J connectivity index is 1.26. The summed E-state index contributed by atoms with van der Waals surface area (Å²) in [5.74, 6) is 1.28. The normalized spacial score (nSPS) is 13.8. The molecule has 30 heavy (non-hydrogen) atoms. The predicted octanol–water partition coefficient (Wildman–Crippen LogP) is 2.56. The van der Waals surface area contributed by atoms with Crippen molar-refractivity contribution in [3.63, 3.8) is 0 Å². The van der Waals surface area contributed by atoms with Crippen LogP contribution in [0.4, 0.5) is 11.5 Å². The number of amides is 1. The molecule has 5 rings (SSSR count). The highest BCUT2D eigenvalue weighted by atomic mass is 32.1. The van der Waals surface area contributed by atoms with Crippen LogP contribution in [0.25, 0.3) is 17.1 Å². The molecule has 1 N–H and O–H groups in total. The minimum Gasteiger partial charge on any atom is -0.355 e. The van der Waals surface area contributed by atoms with Gasteiger partial charge in [-0.05, 0) is 13.0 Å². The summed E-state index contributed by atoms with van der Waals surface area (Å²) >= 11 is 1.59. The van der Waals surface area contributed by atoms with Gasteiger partial charge in [-0.2, -0.15) is 5.10 Å². The molecule has 0 aliphatic carbocycles. The number of nitrogens with zero attached hydrogens (tertiary/aromatic N) is 7. The van der Waals surface area contributed by atoms with Crippen LogP contribution in [-0.2, 0) is 4.79 Å². The molecule has 0 spiro atoms. The molecule has 3 aromatic heterocycles. The first kappa shape index (κ1) is 18.4. The van der Waals surface area contributed by atoms with Crippen molar-refractivity contribution in [2.45, 2.75) is 6.92 Å². The Morgan fingerprint density at radius 3 is 2.77 bits per heavy atom. The van der Waals surface area contributed by atoms with Gasteiger partial charge in [-0.1, -0.05) is 18.2 Å². The summed E-state index contributed by atoms with van der Waals surface area (Å²) in [6.07, 6.45) is 4.53. The summed E-state index contributed by atoms with van der Waals surface area (Å²) in [6.45, 7) is 3.16. The zero-order valence-electron chi connectivity index (χ0n) is 16.1. The average Bonchev–Trinajstić information content (AvgIpc) is 3.39. The predicted molar refractivity (Wildman–Crippen MR) is 114 cm³/mol. The second kappa shape index (κ2) is 7.64. The first-order chi connectivity index (χ1) is 14.7. The Morgan fingerprint density at radius 1 is 1.17 bits per heavy atom. The molecular formula is C20H18N8OS. The number of nitrogens with one attached hydrogen (secondary N) is 1. The van der Waals surface area contributed by atoms with Gasteiger partial charge in [-0.3, -0.25) is 4.79 Å². The number of aryl methyl sites for hydroxylation is 1. The van der Waals surface area contributed by atoms with Gasteiger partial charge >= 0.3 is 0 Å². The van der Waals surface area contributed by atoms with Crippen LogP contribution >= 0.6 is 11.3 Å². The average molecular weight is 418 g/mol. The molecule has 10 heteroatoms. The fourth-order valence-corrected chi connectivity index (χ4v) is 3.94. The SMILES string of the molecule is Cc1nc(-c2ccccc2NC(=O)C2CN(c3cc(-n4cncn4)ncn3)C2)cs1.